The van der Waals surface area contributed by atoms with Crippen molar-refractivity contribution in [3.8, 4) is 0 Å². The molecule has 158 valence electrons. The van der Waals surface area contributed by atoms with Crippen LogP contribution in [0.15, 0.2) is 24.3 Å². The van der Waals surface area contributed by atoms with E-state index in [2.05, 4.69) is 39.4 Å². The molecule has 2 fully saturated rings. The zero-order chi connectivity index (χ0) is 20.2. The Hall–Kier alpha value is -1.44. The molecule has 1 N–H and O–H groups in total. The maximum atomic E-state index is 5.39. The second kappa shape index (κ2) is 9.58. The Morgan fingerprint density at radius 3 is 2.59 bits per heavy atom. The lowest BCUT2D eigenvalue weighted by molar-refractivity contribution is 0.213. The molecule has 1 aliphatic heterocycles. The normalized spacial score (nSPS) is 23.3. The monoisotopic (exact) mass is 431 g/mol. The van der Waals surface area contributed by atoms with E-state index in [1.807, 2.05) is 19.0 Å². The molecule has 2 heterocycles. The van der Waals surface area contributed by atoms with E-state index in [0.29, 0.717) is 6.04 Å². The summed E-state index contributed by atoms with van der Waals surface area (Å²) < 4.78 is 6.03. The quantitative estimate of drug-likeness (QED) is 0.726. The van der Waals surface area contributed by atoms with E-state index >= 15 is 0 Å². The van der Waals surface area contributed by atoms with Crippen molar-refractivity contribution in [2.24, 2.45) is 5.92 Å². The van der Waals surface area contributed by atoms with Gasteiger partial charge in [0.1, 0.15) is 5.82 Å². The first-order valence-corrected chi connectivity index (χ1v) is 12.1. The SMILES string of the molecule is CN(C)C(=S)NC1CCC(CCN2CCN(c3nsc4ccccc34)CC2)CC1. The van der Waals surface area contributed by atoms with Gasteiger partial charge in [0, 0.05) is 51.7 Å². The van der Waals surface area contributed by atoms with Crippen LogP contribution in [-0.2, 0) is 0 Å². The highest BCUT2D eigenvalue weighted by atomic mass is 32.1. The smallest absolute Gasteiger partial charge is 0.168 e. The number of hydrogen-bond acceptors (Lipinski definition) is 5. The van der Waals surface area contributed by atoms with Crippen molar-refractivity contribution in [2.45, 2.75) is 38.1 Å². The number of nitrogens with one attached hydrogen (secondary N) is 1. The van der Waals surface area contributed by atoms with Gasteiger partial charge in [-0.15, -0.1) is 0 Å². The highest BCUT2D eigenvalue weighted by Crippen LogP contribution is 2.30. The van der Waals surface area contributed by atoms with Crippen molar-refractivity contribution in [3.63, 3.8) is 0 Å². The van der Waals surface area contributed by atoms with Gasteiger partial charge in [0.15, 0.2) is 5.11 Å². The van der Waals surface area contributed by atoms with Crippen LogP contribution < -0.4 is 10.2 Å². The number of piperazine rings is 1. The fraction of sp³-hybridized carbons (Fsp3) is 0.636. The van der Waals surface area contributed by atoms with Gasteiger partial charge in [0.2, 0.25) is 0 Å². The molecule has 2 aliphatic rings. The third-order valence-corrected chi connectivity index (χ3v) is 7.76. The number of rotatable bonds is 5. The summed E-state index contributed by atoms with van der Waals surface area (Å²) in [5, 5.41) is 5.70. The summed E-state index contributed by atoms with van der Waals surface area (Å²) >= 11 is 7.01. The summed E-state index contributed by atoms with van der Waals surface area (Å²) in [5.74, 6) is 2.06. The van der Waals surface area contributed by atoms with Crippen LogP contribution in [0.4, 0.5) is 5.82 Å². The first kappa shape index (κ1) is 20.8. The van der Waals surface area contributed by atoms with Crippen molar-refractivity contribution in [1.82, 2.24) is 19.5 Å². The van der Waals surface area contributed by atoms with Crippen LogP contribution in [0.1, 0.15) is 32.1 Å². The molecular formula is C22H33N5S2. The summed E-state index contributed by atoms with van der Waals surface area (Å²) in [4.78, 5) is 7.12. The molecule has 4 rings (SSSR count). The van der Waals surface area contributed by atoms with E-state index in [9.17, 15) is 0 Å². The maximum Gasteiger partial charge on any atom is 0.168 e. The minimum absolute atomic E-state index is 0.567. The Morgan fingerprint density at radius 1 is 1.14 bits per heavy atom. The Balaban J connectivity index is 1.18. The van der Waals surface area contributed by atoms with Gasteiger partial charge in [-0.05, 0) is 80.4 Å². The van der Waals surface area contributed by atoms with Crippen LogP contribution in [0.25, 0.3) is 10.1 Å². The fourth-order valence-electron chi connectivity index (χ4n) is 4.55. The second-order valence-electron chi connectivity index (χ2n) is 8.68. The summed E-state index contributed by atoms with van der Waals surface area (Å²) in [6, 6.07) is 9.16. The zero-order valence-electron chi connectivity index (χ0n) is 17.6. The van der Waals surface area contributed by atoms with E-state index in [4.69, 9.17) is 16.6 Å². The van der Waals surface area contributed by atoms with Gasteiger partial charge < -0.3 is 15.1 Å². The third-order valence-electron chi connectivity index (χ3n) is 6.46. The van der Waals surface area contributed by atoms with Crippen molar-refractivity contribution < 1.29 is 0 Å². The summed E-state index contributed by atoms with van der Waals surface area (Å²) in [6.07, 6.45) is 6.51. The summed E-state index contributed by atoms with van der Waals surface area (Å²) in [6.45, 7) is 5.73. The number of benzene rings is 1. The number of hydrogen-bond donors (Lipinski definition) is 1. The molecule has 1 aromatic heterocycles. The van der Waals surface area contributed by atoms with Crippen molar-refractivity contribution >= 4 is 44.8 Å². The predicted octanol–water partition coefficient (Wildman–Crippen LogP) is 3.80. The highest BCUT2D eigenvalue weighted by Gasteiger charge is 2.24. The molecule has 2 aromatic rings. The molecule has 1 saturated carbocycles. The minimum Gasteiger partial charge on any atom is -0.360 e. The molecule has 29 heavy (non-hydrogen) atoms. The van der Waals surface area contributed by atoms with Crippen LogP contribution in [0.3, 0.4) is 0 Å². The van der Waals surface area contributed by atoms with Gasteiger partial charge in [-0.3, -0.25) is 4.90 Å². The number of thiocarbonyl (C=S) groups is 1. The number of anilines is 1. The first-order valence-electron chi connectivity index (χ1n) is 10.9. The van der Waals surface area contributed by atoms with Gasteiger partial charge in [-0.1, -0.05) is 12.1 Å². The maximum absolute atomic E-state index is 5.39. The predicted molar refractivity (Wildman–Crippen MR) is 128 cm³/mol. The summed E-state index contributed by atoms with van der Waals surface area (Å²) in [5.41, 5.74) is 0. The minimum atomic E-state index is 0.567. The molecule has 7 heteroatoms. The van der Waals surface area contributed by atoms with E-state index < -0.39 is 0 Å². The van der Waals surface area contributed by atoms with Gasteiger partial charge in [-0.2, -0.15) is 4.37 Å². The molecule has 0 atom stereocenters. The number of aromatic nitrogens is 1. The second-order valence-corrected chi connectivity index (χ2v) is 9.87. The highest BCUT2D eigenvalue weighted by molar-refractivity contribution is 7.80. The Morgan fingerprint density at radius 2 is 1.86 bits per heavy atom. The Labute approximate surface area is 184 Å². The van der Waals surface area contributed by atoms with Crippen molar-refractivity contribution in [3.05, 3.63) is 24.3 Å². The first-order chi connectivity index (χ1) is 14.1. The van der Waals surface area contributed by atoms with E-state index in [0.717, 1.165) is 37.2 Å². The molecular weight excluding hydrogens is 398 g/mol. The molecule has 0 radical (unpaired) electrons. The lowest BCUT2D eigenvalue weighted by Gasteiger charge is -2.36. The van der Waals surface area contributed by atoms with Crippen LogP contribution in [0.2, 0.25) is 0 Å². The van der Waals surface area contributed by atoms with Crippen LogP contribution in [-0.4, -0.2) is 72.1 Å². The molecule has 0 bridgehead atoms. The molecule has 1 aliphatic carbocycles. The molecule has 1 saturated heterocycles. The largest absolute Gasteiger partial charge is 0.360 e. The van der Waals surface area contributed by atoms with Crippen molar-refractivity contribution in [1.29, 1.82) is 0 Å². The van der Waals surface area contributed by atoms with Gasteiger partial charge >= 0.3 is 0 Å². The van der Waals surface area contributed by atoms with Crippen LogP contribution >= 0.6 is 23.8 Å². The summed E-state index contributed by atoms with van der Waals surface area (Å²) in [7, 11) is 4.02. The fourth-order valence-corrected chi connectivity index (χ4v) is 5.51. The lowest BCUT2D eigenvalue weighted by Crippen LogP contribution is -2.47. The molecule has 5 nitrogen and oxygen atoms in total. The molecule has 1 aromatic carbocycles. The number of nitrogens with zero attached hydrogens (tertiary/aromatic N) is 4. The van der Waals surface area contributed by atoms with Crippen molar-refractivity contribution in [2.75, 3.05) is 51.7 Å². The topological polar surface area (TPSA) is 34.6 Å². The average Bonchev–Trinajstić information content (AvgIpc) is 3.18. The van der Waals surface area contributed by atoms with Gasteiger partial charge in [0.05, 0.1) is 4.70 Å². The Kier molecular flexibility index (Phi) is 6.88. The number of fused-ring (bicyclic) bond motifs is 1. The van der Waals surface area contributed by atoms with Crippen LogP contribution in [0.5, 0.6) is 0 Å². The van der Waals surface area contributed by atoms with Crippen LogP contribution in [0, 0.1) is 5.92 Å². The molecule has 0 unspecified atom stereocenters. The van der Waals surface area contributed by atoms with Gasteiger partial charge in [0.25, 0.3) is 0 Å². The average molecular weight is 432 g/mol. The standard InChI is InChI=1S/C22H33N5S2/c1-25(2)22(28)23-18-9-7-17(8-10-18)11-12-26-13-15-27(16-14-26)21-19-5-3-4-6-20(19)29-24-21/h3-6,17-18H,7-16H2,1-2H3,(H,23,28). The van der Waals surface area contributed by atoms with E-state index in [-0.39, 0.29) is 0 Å². The van der Waals surface area contributed by atoms with Gasteiger partial charge in [-0.25, -0.2) is 0 Å². The zero-order valence-corrected chi connectivity index (χ0v) is 19.3. The van der Waals surface area contributed by atoms with E-state index in [1.54, 1.807) is 11.5 Å². The third kappa shape index (κ3) is 5.19. The van der Waals surface area contributed by atoms with E-state index in [1.165, 1.54) is 54.6 Å². The lowest BCUT2D eigenvalue weighted by atomic mass is 9.84. The molecule has 0 spiro atoms. The molecule has 0 amide bonds. The Bertz CT molecular complexity index is 804.